The molecule has 4 heteroatoms. The molecule has 108 valence electrons. The van der Waals surface area contributed by atoms with E-state index in [0.29, 0.717) is 5.92 Å². The normalized spacial score (nSPS) is 11.7. The summed E-state index contributed by atoms with van der Waals surface area (Å²) < 4.78 is 1.55. The Hall–Kier alpha value is -1.34. The van der Waals surface area contributed by atoms with Crippen LogP contribution in [0.5, 0.6) is 0 Å². The van der Waals surface area contributed by atoms with Crippen LogP contribution < -0.4 is 0 Å². The Labute approximate surface area is 118 Å². The Balaban J connectivity index is 0.000000399. The lowest BCUT2D eigenvalue weighted by molar-refractivity contribution is 0.321. The van der Waals surface area contributed by atoms with E-state index in [4.69, 9.17) is 5.26 Å². The lowest BCUT2D eigenvalue weighted by Crippen LogP contribution is -2.21. The van der Waals surface area contributed by atoms with Gasteiger partial charge >= 0.3 is 0 Å². The first-order valence-corrected chi connectivity index (χ1v) is 7.22. The Morgan fingerprint density at radius 3 is 2.11 bits per heavy atom. The Bertz CT molecular complexity index is 380. The molecule has 0 spiro atoms. The quantitative estimate of drug-likeness (QED) is 0.819. The number of rotatable bonds is 5. The van der Waals surface area contributed by atoms with Gasteiger partial charge in [0.05, 0.1) is 5.69 Å². The van der Waals surface area contributed by atoms with E-state index in [1.165, 1.54) is 19.6 Å². The van der Waals surface area contributed by atoms with Crippen LogP contribution in [-0.4, -0.2) is 34.1 Å². The first kappa shape index (κ1) is 17.7. The highest BCUT2D eigenvalue weighted by molar-refractivity contribution is 5.10. The third-order valence-electron chi connectivity index (χ3n) is 3.36. The molecule has 0 aliphatic rings. The maximum absolute atomic E-state index is 8.75. The number of imidazole rings is 1. The predicted octanol–water partition coefficient (Wildman–Crippen LogP) is 3.38. The molecule has 1 unspecified atom stereocenters. The van der Waals surface area contributed by atoms with Crippen LogP contribution in [-0.2, 0) is 0 Å². The lowest BCUT2D eigenvalue weighted by Gasteiger charge is -2.13. The summed E-state index contributed by atoms with van der Waals surface area (Å²) in [6.45, 7) is 16.2. The van der Waals surface area contributed by atoms with Crippen molar-refractivity contribution in [3.05, 3.63) is 17.7 Å². The zero-order chi connectivity index (χ0) is 14.8. The van der Waals surface area contributed by atoms with Crippen molar-refractivity contribution in [3.63, 3.8) is 0 Å². The van der Waals surface area contributed by atoms with Crippen molar-refractivity contribution in [3.8, 4) is 6.19 Å². The molecule has 1 aromatic rings. The van der Waals surface area contributed by atoms with E-state index in [1.54, 1.807) is 10.8 Å². The Morgan fingerprint density at radius 1 is 1.26 bits per heavy atom. The Morgan fingerprint density at radius 2 is 1.79 bits per heavy atom. The molecule has 0 radical (unpaired) electrons. The molecule has 0 fully saturated rings. The van der Waals surface area contributed by atoms with Crippen LogP contribution in [0.4, 0.5) is 0 Å². The molecule has 0 saturated carbocycles. The van der Waals surface area contributed by atoms with Gasteiger partial charge in [-0.25, -0.2) is 9.55 Å². The second-order valence-electron chi connectivity index (χ2n) is 4.64. The number of aryl methyl sites for hydroxylation is 1. The van der Waals surface area contributed by atoms with Gasteiger partial charge in [-0.05, 0) is 33.0 Å². The molecule has 1 aromatic heterocycles. The van der Waals surface area contributed by atoms with E-state index in [-0.39, 0.29) is 0 Å². The van der Waals surface area contributed by atoms with Gasteiger partial charge in [-0.2, -0.15) is 5.26 Å². The number of nitriles is 1. The number of aromatic nitrogens is 2. The van der Waals surface area contributed by atoms with Crippen molar-refractivity contribution in [2.75, 3.05) is 19.6 Å². The van der Waals surface area contributed by atoms with Crippen molar-refractivity contribution < 1.29 is 0 Å². The van der Waals surface area contributed by atoms with Crippen LogP contribution in [0.1, 0.15) is 58.5 Å². The fourth-order valence-corrected chi connectivity index (χ4v) is 1.80. The van der Waals surface area contributed by atoms with Gasteiger partial charge in [-0.3, -0.25) is 0 Å². The van der Waals surface area contributed by atoms with Crippen LogP contribution in [0.2, 0.25) is 0 Å². The maximum atomic E-state index is 8.75. The van der Waals surface area contributed by atoms with E-state index in [0.717, 1.165) is 17.9 Å². The molecule has 1 atom stereocenters. The molecule has 0 saturated heterocycles. The standard InChI is InChI=1S/C9H13N3.C6H15N/c1-4-7(2)9-11-8(3)5-12(9)6-10;1-4-7(5-2)6-3/h5,7H,4H2,1-3H3;4-6H2,1-3H3. The molecular weight excluding hydrogens is 236 g/mol. The van der Waals surface area contributed by atoms with Gasteiger partial charge in [-0.15, -0.1) is 0 Å². The maximum Gasteiger partial charge on any atom is 0.189 e. The van der Waals surface area contributed by atoms with E-state index in [9.17, 15) is 0 Å². The molecule has 0 N–H and O–H groups in total. The van der Waals surface area contributed by atoms with E-state index >= 15 is 0 Å². The van der Waals surface area contributed by atoms with Crippen LogP contribution in [0.15, 0.2) is 6.20 Å². The first-order valence-electron chi connectivity index (χ1n) is 7.22. The summed E-state index contributed by atoms with van der Waals surface area (Å²) in [5.74, 6) is 1.23. The summed E-state index contributed by atoms with van der Waals surface area (Å²) >= 11 is 0. The van der Waals surface area contributed by atoms with Crippen LogP contribution in [0.3, 0.4) is 0 Å². The minimum Gasteiger partial charge on any atom is -0.304 e. The van der Waals surface area contributed by atoms with E-state index in [2.05, 4.69) is 50.7 Å². The molecule has 4 nitrogen and oxygen atoms in total. The topological polar surface area (TPSA) is 44.9 Å². The summed E-state index contributed by atoms with van der Waals surface area (Å²) in [5.41, 5.74) is 0.909. The zero-order valence-electron chi connectivity index (χ0n) is 13.3. The van der Waals surface area contributed by atoms with Crippen molar-refractivity contribution in [2.24, 2.45) is 0 Å². The SMILES string of the molecule is CCC(C)c1nc(C)cn1C#N.CCN(CC)CC. The fourth-order valence-electron chi connectivity index (χ4n) is 1.80. The summed E-state index contributed by atoms with van der Waals surface area (Å²) in [5, 5.41) is 8.75. The van der Waals surface area contributed by atoms with Crippen molar-refractivity contribution >= 4 is 0 Å². The summed E-state index contributed by atoms with van der Waals surface area (Å²) in [6, 6.07) is 0. The average Bonchev–Trinajstić information content (AvgIpc) is 2.82. The highest BCUT2D eigenvalue weighted by Crippen LogP contribution is 2.16. The van der Waals surface area contributed by atoms with Crippen LogP contribution in [0, 0.1) is 18.4 Å². The molecule has 19 heavy (non-hydrogen) atoms. The highest BCUT2D eigenvalue weighted by Gasteiger charge is 2.10. The van der Waals surface area contributed by atoms with Gasteiger partial charge in [0.1, 0.15) is 5.82 Å². The first-order chi connectivity index (χ1) is 9.03. The van der Waals surface area contributed by atoms with Gasteiger partial charge in [0.2, 0.25) is 0 Å². The molecule has 0 bridgehead atoms. The van der Waals surface area contributed by atoms with E-state index in [1.807, 2.05) is 6.92 Å². The summed E-state index contributed by atoms with van der Waals surface area (Å²) in [7, 11) is 0. The second kappa shape index (κ2) is 9.57. The smallest absolute Gasteiger partial charge is 0.189 e. The summed E-state index contributed by atoms with van der Waals surface area (Å²) in [6.07, 6.45) is 4.86. The van der Waals surface area contributed by atoms with E-state index < -0.39 is 0 Å². The molecule has 1 heterocycles. The molecule has 0 aromatic carbocycles. The van der Waals surface area contributed by atoms with Crippen LogP contribution >= 0.6 is 0 Å². The number of nitrogens with zero attached hydrogens (tertiary/aromatic N) is 4. The molecule has 0 aliphatic carbocycles. The lowest BCUT2D eigenvalue weighted by atomic mass is 10.1. The summed E-state index contributed by atoms with van der Waals surface area (Å²) in [4.78, 5) is 6.67. The molecular formula is C15H28N4. The average molecular weight is 264 g/mol. The molecule has 1 rings (SSSR count). The van der Waals surface area contributed by atoms with Gasteiger partial charge < -0.3 is 4.90 Å². The third kappa shape index (κ3) is 5.89. The van der Waals surface area contributed by atoms with Crippen LogP contribution in [0.25, 0.3) is 0 Å². The fraction of sp³-hybridized carbons (Fsp3) is 0.733. The zero-order valence-corrected chi connectivity index (χ0v) is 13.3. The number of hydrogen-bond acceptors (Lipinski definition) is 3. The minimum absolute atomic E-state index is 0.360. The Kier molecular flexibility index (Phi) is 8.90. The monoisotopic (exact) mass is 264 g/mol. The molecule has 0 aliphatic heterocycles. The third-order valence-corrected chi connectivity index (χ3v) is 3.36. The van der Waals surface area contributed by atoms with Gasteiger partial charge in [0, 0.05) is 12.1 Å². The predicted molar refractivity (Wildman–Crippen MR) is 80.1 cm³/mol. The minimum atomic E-state index is 0.360. The number of hydrogen-bond donors (Lipinski definition) is 0. The van der Waals surface area contributed by atoms with Crippen molar-refractivity contribution in [1.82, 2.24) is 14.5 Å². The van der Waals surface area contributed by atoms with Crippen molar-refractivity contribution in [1.29, 1.82) is 5.26 Å². The highest BCUT2D eigenvalue weighted by atomic mass is 15.1. The van der Waals surface area contributed by atoms with Gasteiger partial charge in [0.25, 0.3) is 0 Å². The largest absolute Gasteiger partial charge is 0.304 e. The van der Waals surface area contributed by atoms with Gasteiger partial charge in [0.15, 0.2) is 6.19 Å². The second-order valence-corrected chi connectivity index (χ2v) is 4.64. The van der Waals surface area contributed by atoms with Gasteiger partial charge in [-0.1, -0.05) is 34.6 Å². The molecule has 0 amide bonds. The van der Waals surface area contributed by atoms with Crippen molar-refractivity contribution in [2.45, 2.75) is 53.9 Å².